The van der Waals surface area contributed by atoms with Crippen LogP contribution in [0.1, 0.15) is 30.6 Å². The van der Waals surface area contributed by atoms with Crippen molar-refractivity contribution in [3.63, 3.8) is 0 Å². The Kier molecular flexibility index (Phi) is 5.72. The van der Waals surface area contributed by atoms with E-state index in [0.717, 1.165) is 35.2 Å². The third kappa shape index (κ3) is 3.95. The second kappa shape index (κ2) is 8.09. The molecule has 0 saturated heterocycles. The normalized spacial score (nSPS) is 12.3. The molecule has 2 aromatic carbocycles. The molecule has 2 amide bonds. The Morgan fingerprint density at radius 3 is 2.33 bits per heavy atom. The molecule has 1 aromatic heterocycles. The highest BCUT2D eigenvalue weighted by Crippen LogP contribution is 2.27. The highest BCUT2D eigenvalue weighted by Gasteiger charge is 2.23. The van der Waals surface area contributed by atoms with Gasteiger partial charge in [0.25, 0.3) is 12.0 Å². The Bertz CT molecular complexity index is 1180. The highest BCUT2D eigenvalue weighted by molar-refractivity contribution is 5.90. The Morgan fingerprint density at radius 1 is 1.07 bits per heavy atom. The van der Waals surface area contributed by atoms with E-state index in [4.69, 9.17) is 0 Å². The van der Waals surface area contributed by atoms with Crippen molar-refractivity contribution in [2.75, 3.05) is 12.4 Å². The van der Waals surface area contributed by atoms with E-state index in [1.165, 1.54) is 14.0 Å². The quantitative estimate of drug-likeness (QED) is 0.603. The van der Waals surface area contributed by atoms with E-state index >= 15 is 0 Å². The lowest BCUT2D eigenvalue weighted by Gasteiger charge is -2.25. The van der Waals surface area contributed by atoms with E-state index in [1.54, 1.807) is 0 Å². The van der Waals surface area contributed by atoms with Crippen molar-refractivity contribution in [1.29, 1.82) is 0 Å². The van der Waals surface area contributed by atoms with Gasteiger partial charge in [0.1, 0.15) is 5.82 Å². The van der Waals surface area contributed by atoms with Crippen LogP contribution in [0.15, 0.2) is 35.1 Å². The van der Waals surface area contributed by atoms with E-state index in [2.05, 4.69) is 15.5 Å². The van der Waals surface area contributed by atoms with Crippen molar-refractivity contribution >= 4 is 22.5 Å². The van der Waals surface area contributed by atoms with Crippen LogP contribution in [0.5, 0.6) is 0 Å². The first-order valence-corrected chi connectivity index (χ1v) is 8.59. The molecule has 0 spiro atoms. The van der Waals surface area contributed by atoms with E-state index in [0.29, 0.717) is 0 Å². The van der Waals surface area contributed by atoms with Crippen LogP contribution >= 0.6 is 0 Å². The minimum atomic E-state index is -3.06. The number of halogens is 5. The second-order valence-electron chi connectivity index (χ2n) is 6.50. The lowest BCUT2D eigenvalue weighted by Crippen LogP contribution is -2.34. The molecular formula is C19H15F5N4O2. The molecule has 6 nitrogen and oxygen atoms in total. The fourth-order valence-electron chi connectivity index (χ4n) is 2.86. The Morgan fingerprint density at radius 2 is 1.70 bits per heavy atom. The second-order valence-corrected chi connectivity index (χ2v) is 6.50. The number of amides is 2. The highest BCUT2D eigenvalue weighted by atomic mass is 19.3. The van der Waals surface area contributed by atoms with Gasteiger partial charge < -0.3 is 10.2 Å². The summed E-state index contributed by atoms with van der Waals surface area (Å²) >= 11 is 0. The molecule has 0 fully saturated rings. The maximum Gasteiger partial charge on any atom is 0.322 e. The molecule has 1 unspecified atom stereocenters. The topological polar surface area (TPSA) is 78.1 Å². The van der Waals surface area contributed by atoms with Crippen LogP contribution in [0.3, 0.4) is 0 Å². The van der Waals surface area contributed by atoms with Crippen LogP contribution in [-0.4, -0.2) is 28.2 Å². The Labute approximate surface area is 166 Å². The van der Waals surface area contributed by atoms with Gasteiger partial charge in [-0.15, -0.1) is 0 Å². The summed E-state index contributed by atoms with van der Waals surface area (Å²) in [7, 11) is 1.34. The SMILES string of the molecule is CC(c1n[nH]c(=O)c2cc(F)c(F)cc12)N(C)C(=O)Nc1ccc(F)c(C(F)F)c1. The monoisotopic (exact) mass is 426 g/mol. The number of fused-ring (bicyclic) bond motifs is 1. The largest absolute Gasteiger partial charge is 0.322 e. The van der Waals surface area contributed by atoms with Crippen molar-refractivity contribution < 1.29 is 26.7 Å². The number of aromatic nitrogens is 2. The fourth-order valence-corrected chi connectivity index (χ4v) is 2.86. The number of anilines is 1. The van der Waals surface area contributed by atoms with Gasteiger partial charge in [-0.2, -0.15) is 5.10 Å². The smallest absolute Gasteiger partial charge is 0.319 e. The van der Waals surface area contributed by atoms with Gasteiger partial charge >= 0.3 is 6.03 Å². The minimum Gasteiger partial charge on any atom is -0.319 e. The Balaban J connectivity index is 1.90. The first-order valence-electron chi connectivity index (χ1n) is 8.59. The van der Waals surface area contributed by atoms with Crippen molar-refractivity contribution in [2.24, 2.45) is 0 Å². The molecule has 2 N–H and O–H groups in total. The number of carbonyl (C=O) groups is 1. The zero-order chi connectivity index (χ0) is 22.2. The average Bonchev–Trinajstić information content (AvgIpc) is 2.70. The molecule has 0 aliphatic rings. The van der Waals surface area contributed by atoms with Gasteiger partial charge in [-0.05, 0) is 37.3 Å². The maximum absolute atomic E-state index is 13.7. The lowest BCUT2D eigenvalue weighted by atomic mass is 10.1. The molecule has 0 aliphatic carbocycles. The lowest BCUT2D eigenvalue weighted by molar-refractivity contribution is 0.146. The van der Waals surface area contributed by atoms with E-state index in [-0.39, 0.29) is 22.2 Å². The standard InChI is InChI=1S/C19H15F5N4O2/c1-8(16-10-6-14(21)15(22)7-11(10)18(29)27-26-16)28(2)19(30)25-9-3-4-13(20)12(5-9)17(23)24/h3-8,17H,1-2H3,(H,25,30)(H,27,29). The predicted octanol–water partition coefficient (Wildman–Crippen LogP) is 4.50. The number of alkyl halides is 2. The number of carbonyl (C=O) groups excluding carboxylic acids is 1. The summed E-state index contributed by atoms with van der Waals surface area (Å²) in [6, 6.07) is 2.65. The number of hydrogen-bond donors (Lipinski definition) is 2. The fraction of sp³-hybridized carbons (Fsp3) is 0.211. The Hall–Kier alpha value is -3.50. The molecule has 3 rings (SSSR count). The molecule has 0 aliphatic heterocycles. The van der Waals surface area contributed by atoms with Crippen LogP contribution in [0.25, 0.3) is 10.8 Å². The molecule has 158 valence electrons. The summed E-state index contributed by atoms with van der Waals surface area (Å²) < 4.78 is 66.3. The van der Waals surface area contributed by atoms with Gasteiger partial charge in [0.2, 0.25) is 0 Å². The third-order valence-corrected chi connectivity index (χ3v) is 4.64. The number of aromatic amines is 1. The molecule has 0 saturated carbocycles. The number of H-pyrrole nitrogens is 1. The van der Waals surface area contributed by atoms with Crippen LogP contribution in [0.4, 0.5) is 32.4 Å². The van der Waals surface area contributed by atoms with E-state index in [1.807, 2.05) is 0 Å². The summed E-state index contributed by atoms with van der Waals surface area (Å²) in [5.74, 6) is -3.51. The van der Waals surface area contributed by atoms with Crippen molar-refractivity contribution in [2.45, 2.75) is 19.4 Å². The molecule has 11 heteroatoms. The zero-order valence-electron chi connectivity index (χ0n) is 15.6. The number of nitrogens with zero attached hydrogens (tertiary/aromatic N) is 2. The summed E-state index contributed by atoms with van der Waals surface area (Å²) in [4.78, 5) is 25.5. The average molecular weight is 426 g/mol. The van der Waals surface area contributed by atoms with Crippen LogP contribution in [-0.2, 0) is 0 Å². The number of rotatable bonds is 4. The summed E-state index contributed by atoms with van der Waals surface area (Å²) in [5, 5.41) is 8.20. The number of urea groups is 1. The van der Waals surface area contributed by atoms with Crippen molar-refractivity contribution in [1.82, 2.24) is 15.1 Å². The van der Waals surface area contributed by atoms with E-state index in [9.17, 15) is 31.5 Å². The van der Waals surface area contributed by atoms with Crippen LogP contribution in [0.2, 0.25) is 0 Å². The molecule has 0 radical (unpaired) electrons. The summed E-state index contributed by atoms with van der Waals surface area (Å²) in [6.07, 6.45) is -3.06. The first kappa shape index (κ1) is 21.2. The minimum absolute atomic E-state index is 0.00608. The summed E-state index contributed by atoms with van der Waals surface area (Å²) in [5.41, 5.74) is -1.59. The third-order valence-electron chi connectivity index (χ3n) is 4.64. The van der Waals surface area contributed by atoms with Gasteiger partial charge in [0, 0.05) is 18.1 Å². The predicted molar refractivity (Wildman–Crippen MR) is 98.8 cm³/mol. The van der Waals surface area contributed by atoms with Gasteiger partial charge in [-0.3, -0.25) is 4.79 Å². The summed E-state index contributed by atoms with van der Waals surface area (Å²) in [6.45, 7) is 1.51. The van der Waals surface area contributed by atoms with Gasteiger partial charge in [0.15, 0.2) is 11.6 Å². The molecule has 30 heavy (non-hydrogen) atoms. The van der Waals surface area contributed by atoms with Gasteiger partial charge in [-0.1, -0.05) is 0 Å². The molecular weight excluding hydrogens is 411 g/mol. The van der Waals surface area contributed by atoms with E-state index < -0.39 is 47.1 Å². The molecule has 1 heterocycles. The van der Waals surface area contributed by atoms with Crippen molar-refractivity contribution in [3.05, 3.63) is 69.4 Å². The molecule has 0 bridgehead atoms. The van der Waals surface area contributed by atoms with Gasteiger partial charge in [0.05, 0.1) is 22.7 Å². The first-order chi connectivity index (χ1) is 14.1. The molecule has 3 aromatic rings. The maximum atomic E-state index is 13.7. The van der Waals surface area contributed by atoms with Crippen molar-refractivity contribution in [3.8, 4) is 0 Å². The van der Waals surface area contributed by atoms with Crippen LogP contribution < -0.4 is 10.9 Å². The number of hydrogen-bond acceptors (Lipinski definition) is 3. The van der Waals surface area contributed by atoms with Gasteiger partial charge in [-0.25, -0.2) is 31.8 Å². The van der Waals surface area contributed by atoms with Crippen LogP contribution in [0, 0.1) is 17.5 Å². The molecule has 1 atom stereocenters. The number of benzene rings is 2. The number of nitrogens with one attached hydrogen (secondary N) is 2. The zero-order valence-corrected chi connectivity index (χ0v) is 15.6.